The molecule has 1 aromatic carbocycles. The summed E-state index contributed by atoms with van der Waals surface area (Å²) in [7, 11) is 0. The maximum Gasteiger partial charge on any atom is 0.239 e. The third-order valence-corrected chi connectivity index (χ3v) is 4.91. The minimum atomic E-state index is -0.609. The first kappa shape index (κ1) is 15.6. The zero-order valence-electron chi connectivity index (χ0n) is 11.9. The number of hydrogen-bond donors (Lipinski definition) is 2. The van der Waals surface area contributed by atoms with Crippen molar-refractivity contribution in [2.24, 2.45) is 11.8 Å². The monoisotopic (exact) mass is 341 g/mol. The lowest BCUT2D eigenvalue weighted by Crippen LogP contribution is -2.49. The Morgan fingerprint density at radius 3 is 2.73 bits per heavy atom. The lowest BCUT2D eigenvalue weighted by Gasteiger charge is -2.27. The van der Waals surface area contributed by atoms with Crippen molar-refractivity contribution < 1.29 is 9.59 Å². The summed E-state index contributed by atoms with van der Waals surface area (Å²) in [6.07, 6.45) is 0.522. The van der Waals surface area contributed by atoms with Gasteiger partial charge in [-0.1, -0.05) is 23.2 Å². The van der Waals surface area contributed by atoms with Crippen molar-refractivity contribution in [1.82, 2.24) is 10.6 Å². The van der Waals surface area contributed by atoms with Gasteiger partial charge in [0.15, 0.2) is 0 Å². The zero-order chi connectivity index (χ0) is 15.7. The molecule has 1 atom stereocenters. The predicted octanol–water partition coefficient (Wildman–Crippen LogP) is 1.68. The van der Waals surface area contributed by atoms with E-state index in [2.05, 4.69) is 10.6 Å². The van der Waals surface area contributed by atoms with Crippen LogP contribution < -0.4 is 15.5 Å². The molecule has 118 valence electrons. The fourth-order valence-electron chi connectivity index (χ4n) is 2.69. The van der Waals surface area contributed by atoms with E-state index in [-0.39, 0.29) is 11.8 Å². The highest BCUT2D eigenvalue weighted by Gasteiger charge is 2.37. The van der Waals surface area contributed by atoms with Gasteiger partial charge in [-0.2, -0.15) is 0 Å². The zero-order valence-corrected chi connectivity index (χ0v) is 13.5. The number of carbonyl (C=O) groups is 2. The number of rotatable bonds is 4. The van der Waals surface area contributed by atoms with Gasteiger partial charge in [0.2, 0.25) is 11.8 Å². The molecule has 2 aliphatic heterocycles. The minimum absolute atomic E-state index is 0.178. The van der Waals surface area contributed by atoms with Crippen LogP contribution in [-0.4, -0.2) is 38.0 Å². The Morgan fingerprint density at radius 2 is 2.09 bits per heavy atom. The van der Waals surface area contributed by atoms with Crippen molar-refractivity contribution in [1.29, 1.82) is 0 Å². The quantitative estimate of drug-likeness (QED) is 0.819. The van der Waals surface area contributed by atoms with Gasteiger partial charge in [-0.05, 0) is 24.6 Å². The van der Waals surface area contributed by atoms with Crippen molar-refractivity contribution >= 4 is 40.7 Å². The van der Waals surface area contributed by atoms with E-state index in [0.717, 1.165) is 13.1 Å². The summed E-state index contributed by atoms with van der Waals surface area (Å²) in [6, 6.07) is 5.05. The number of nitrogens with one attached hydrogen (secondary N) is 2. The molecular weight excluding hydrogens is 325 g/mol. The van der Waals surface area contributed by atoms with Crippen LogP contribution in [0.5, 0.6) is 0 Å². The molecule has 0 saturated carbocycles. The smallest absolute Gasteiger partial charge is 0.239 e. The summed E-state index contributed by atoms with van der Waals surface area (Å²) in [4.78, 5) is 26.2. The number of halogens is 2. The highest BCUT2D eigenvalue weighted by atomic mass is 35.5. The van der Waals surface area contributed by atoms with Crippen LogP contribution in [0.15, 0.2) is 18.2 Å². The van der Waals surface area contributed by atoms with Gasteiger partial charge in [-0.15, -0.1) is 0 Å². The number of hydrogen-bond acceptors (Lipinski definition) is 3. The Hall–Kier alpha value is -1.30. The van der Waals surface area contributed by atoms with E-state index in [4.69, 9.17) is 23.2 Å². The Kier molecular flexibility index (Phi) is 4.57. The number of benzene rings is 1. The summed E-state index contributed by atoms with van der Waals surface area (Å²) < 4.78 is 0. The lowest BCUT2D eigenvalue weighted by molar-refractivity contribution is -0.132. The molecule has 1 unspecified atom stereocenters. The second kappa shape index (κ2) is 6.44. The summed E-state index contributed by atoms with van der Waals surface area (Å²) in [5.41, 5.74) is 0.679. The van der Waals surface area contributed by atoms with Gasteiger partial charge < -0.3 is 15.5 Å². The van der Waals surface area contributed by atoms with Crippen LogP contribution in [-0.2, 0) is 9.59 Å². The van der Waals surface area contributed by atoms with Crippen LogP contribution >= 0.6 is 23.2 Å². The van der Waals surface area contributed by atoms with E-state index in [1.54, 1.807) is 23.1 Å². The Morgan fingerprint density at radius 1 is 1.32 bits per heavy atom. The molecule has 2 fully saturated rings. The van der Waals surface area contributed by atoms with Gasteiger partial charge in [0, 0.05) is 37.8 Å². The van der Waals surface area contributed by atoms with Gasteiger partial charge in [-0.3, -0.25) is 9.59 Å². The van der Waals surface area contributed by atoms with Crippen LogP contribution in [0.1, 0.15) is 6.42 Å². The molecule has 0 bridgehead atoms. The van der Waals surface area contributed by atoms with Gasteiger partial charge >= 0.3 is 0 Å². The Balaban J connectivity index is 1.63. The van der Waals surface area contributed by atoms with Crippen LogP contribution in [0, 0.1) is 11.8 Å². The molecule has 1 aromatic rings. The molecule has 0 spiro atoms. The second-order valence-electron chi connectivity index (χ2n) is 5.70. The van der Waals surface area contributed by atoms with Crippen molar-refractivity contribution in [3.63, 3.8) is 0 Å². The molecule has 2 N–H and O–H groups in total. The maximum atomic E-state index is 12.4. The predicted molar refractivity (Wildman–Crippen MR) is 86.3 cm³/mol. The van der Waals surface area contributed by atoms with E-state index in [9.17, 15) is 9.59 Å². The van der Waals surface area contributed by atoms with Crippen molar-refractivity contribution in [3.8, 4) is 0 Å². The average molecular weight is 342 g/mol. The SMILES string of the molecule is O=C(NCC1CNC1)C1CCN(c2ccc(Cl)c(Cl)c2)C1=O. The van der Waals surface area contributed by atoms with Gasteiger partial charge in [0.1, 0.15) is 5.92 Å². The Labute approximate surface area is 138 Å². The molecular formula is C15H17Cl2N3O2. The highest BCUT2D eigenvalue weighted by molar-refractivity contribution is 6.42. The summed E-state index contributed by atoms with van der Waals surface area (Å²) in [6.45, 7) is 2.99. The summed E-state index contributed by atoms with van der Waals surface area (Å²) in [5, 5.41) is 6.87. The fraction of sp³-hybridized carbons (Fsp3) is 0.467. The van der Waals surface area contributed by atoms with E-state index in [1.807, 2.05) is 0 Å². The van der Waals surface area contributed by atoms with Gasteiger partial charge in [0.25, 0.3) is 0 Å². The lowest BCUT2D eigenvalue weighted by atomic mass is 10.0. The molecule has 5 nitrogen and oxygen atoms in total. The molecule has 7 heteroatoms. The second-order valence-corrected chi connectivity index (χ2v) is 6.51. The summed E-state index contributed by atoms with van der Waals surface area (Å²) >= 11 is 11.9. The maximum absolute atomic E-state index is 12.4. The average Bonchev–Trinajstić information content (AvgIpc) is 2.82. The molecule has 2 aliphatic rings. The van der Waals surface area contributed by atoms with Crippen molar-refractivity contribution in [2.75, 3.05) is 31.1 Å². The van der Waals surface area contributed by atoms with Crippen LogP contribution in [0.3, 0.4) is 0 Å². The standard InChI is InChI=1S/C15H17Cl2N3O2/c16-12-2-1-10(5-13(12)17)20-4-3-11(15(20)22)14(21)19-8-9-6-18-7-9/h1-2,5,9,11,18H,3-4,6-8H2,(H,19,21). The van der Waals surface area contributed by atoms with Crippen molar-refractivity contribution in [3.05, 3.63) is 28.2 Å². The number of amides is 2. The molecule has 3 rings (SSSR count). The normalized spacial score (nSPS) is 21.8. The largest absolute Gasteiger partial charge is 0.355 e. The van der Waals surface area contributed by atoms with Gasteiger partial charge in [-0.25, -0.2) is 0 Å². The van der Waals surface area contributed by atoms with Gasteiger partial charge in [0.05, 0.1) is 10.0 Å². The van der Waals surface area contributed by atoms with Crippen LogP contribution in [0.2, 0.25) is 10.0 Å². The highest BCUT2D eigenvalue weighted by Crippen LogP contribution is 2.31. The molecule has 0 aliphatic carbocycles. The van der Waals surface area contributed by atoms with E-state index in [0.29, 0.717) is 41.2 Å². The fourth-order valence-corrected chi connectivity index (χ4v) is 2.99. The first-order valence-electron chi connectivity index (χ1n) is 7.31. The summed E-state index contributed by atoms with van der Waals surface area (Å²) in [5.74, 6) is -0.490. The van der Waals surface area contributed by atoms with Crippen molar-refractivity contribution in [2.45, 2.75) is 6.42 Å². The third-order valence-electron chi connectivity index (χ3n) is 4.17. The van der Waals surface area contributed by atoms with E-state index < -0.39 is 5.92 Å². The van der Waals surface area contributed by atoms with E-state index >= 15 is 0 Å². The Bertz CT molecular complexity index is 604. The van der Waals surface area contributed by atoms with E-state index in [1.165, 1.54) is 0 Å². The minimum Gasteiger partial charge on any atom is -0.355 e. The van der Waals surface area contributed by atoms with Crippen LogP contribution in [0.25, 0.3) is 0 Å². The number of anilines is 1. The molecule has 2 saturated heterocycles. The number of carbonyl (C=O) groups excluding carboxylic acids is 2. The number of nitrogens with zero attached hydrogens (tertiary/aromatic N) is 1. The first-order valence-corrected chi connectivity index (χ1v) is 8.06. The van der Waals surface area contributed by atoms with Crippen LogP contribution in [0.4, 0.5) is 5.69 Å². The molecule has 0 aromatic heterocycles. The molecule has 2 heterocycles. The molecule has 2 amide bonds. The first-order chi connectivity index (χ1) is 10.6. The molecule has 22 heavy (non-hydrogen) atoms. The topological polar surface area (TPSA) is 61.4 Å². The third kappa shape index (κ3) is 3.07. The molecule has 0 radical (unpaired) electrons.